The van der Waals surface area contributed by atoms with E-state index in [1.165, 1.54) is 18.4 Å². The van der Waals surface area contributed by atoms with Gasteiger partial charge in [0.15, 0.2) is 0 Å². The normalized spacial score (nSPS) is 11.4. The number of rotatable bonds is 4. The number of hydrogen-bond donors (Lipinski definition) is 1. The molecule has 30 heavy (non-hydrogen) atoms. The maximum absolute atomic E-state index is 12.6. The highest BCUT2D eigenvalue weighted by Crippen LogP contribution is 2.29. The van der Waals surface area contributed by atoms with E-state index in [9.17, 15) is 14.9 Å². The summed E-state index contributed by atoms with van der Waals surface area (Å²) in [4.78, 5) is 24.4. The Bertz CT molecular complexity index is 1370. The number of nitrogens with zero attached hydrogens (tertiary/aromatic N) is 2. The molecule has 0 bridgehead atoms. The molecule has 1 N–H and O–H groups in total. The zero-order chi connectivity index (χ0) is 21.3. The molecule has 0 aliphatic heterocycles. The Hall–Kier alpha value is -3.89. The number of nitriles is 1. The van der Waals surface area contributed by atoms with Crippen molar-refractivity contribution >= 4 is 56.1 Å². The monoisotopic (exact) mass is 415 g/mol. The first-order valence-electron chi connectivity index (χ1n) is 9.09. The minimum Gasteiger partial charge on any atom is -0.465 e. The maximum Gasteiger partial charge on any atom is 0.340 e. The molecule has 4 aromatic rings. The lowest BCUT2D eigenvalue weighted by molar-refractivity contribution is -0.112. The van der Waals surface area contributed by atoms with E-state index in [0.717, 1.165) is 27.4 Å². The van der Waals surface area contributed by atoms with Crippen LogP contribution in [0.3, 0.4) is 0 Å². The molecule has 0 atom stereocenters. The number of methoxy groups -OCH3 is 1. The van der Waals surface area contributed by atoms with Gasteiger partial charge < -0.3 is 14.6 Å². The van der Waals surface area contributed by atoms with E-state index in [1.807, 2.05) is 49.5 Å². The van der Waals surface area contributed by atoms with Crippen molar-refractivity contribution in [2.75, 3.05) is 12.4 Å². The fraction of sp³-hybridized carbons (Fsp3) is 0.0870. The molecule has 2 aromatic carbocycles. The fourth-order valence-corrected chi connectivity index (χ4v) is 4.21. The molecule has 0 saturated carbocycles. The van der Waals surface area contributed by atoms with Crippen LogP contribution < -0.4 is 5.32 Å². The van der Waals surface area contributed by atoms with Crippen LogP contribution in [0.1, 0.15) is 15.9 Å². The number of carbonyl (C=O) groups is 2. The average molecular weight is 415 g/mol. The van der Waals surface area contributed by atoms with E-state index in [4.69, 9.17) is 4.74 Å². The summed E-state index contributed by atoms with van der Waals surface area (Å²) in [6.45, 7) is 0. The SMILES string of the molecule is COC(=O)c1ccsc1NC(=O)/C(C#N)=C/c1ccc2c(c1)c1ccccc1n2C. The highest BCUT2D eigenvalue weighted by atomic mass is 32.1. The van der Waals surface area contributed by atoms with Crippen molar-refractivity contribution in [3.05, 3.63) is 70.6 Å². The molecule has 148 valence electrons. The zero-order valence-corrected chi connectivity index (χ0v) is 17.1. The summed E-state index contributed by atoms with van der Waals surface area (Å²) in [6, 6.07) is 17.4. The zero-order valence-electron chi connectivity index (χ0n) is 16.3. The lowest BCUT2D eigenvalue weighted by atomic mass is 10.1. The van der Waals surface area contributed by atoms with Gasteiger partial charge >= 0.3 is 5.97 Å². The number of para-hydroxylation sites is 1. The number of benzene rings is 2. The van der Waals surface area contributed by atoms with Gasteiger partial charge in [0.05, 0.1) is 12.7 Å². The van der Waals surface area contributed by atoms with Crippen LogP contribution in [0.4, 0.5) is 5.00 Å². The van der Waals surface area contributed by atoms with E-state index in [0.29, 0.717) is 5.00 Å². The van der Waals surface area contributed by atoms with E-state index < -0.39 is 11.9 Å². The van der Waals surface area contributed by atoms with Crippen LogP contribution in [0.5, 0.6) is 0 Å². The van der Waals surface area contributed by atoms with Crippen molar-refractivity contribution in [2.24, 2.45) is 7.05 Å². The Kier molecular flexibility index (Phi) is 5.09. The van der Waals surface area contributed by atoms with E-state index in [-0.39, 0.29) is 11.1 Å². The van der Waals surface area contributed by atoms with Gasteiger partial charge in [0, 0.05) is 28.9 Å². The predicted molar refractivity (Wildman–Crippen MR) is 118 cm³/mol. The minimum atomic E-state index is -0.580. The van der Waals surface area contributed by atoms with Crippen LogP contribution >= 0.6 is 11.3 Å². The van der Waals surface area contributed by atoms with E-state index in [1.54, 1.807) is 17.5 Å². The predicted octanol–water partition coefficient (Wildman–Crippen LogP) is 4.73. The van der Waals surface area contributed by atoms with Gasteiger partial charge in [-0.1, -0.05) is 24.3 Å². The number of aryl methyl sites for hydroxylation is 1. The van der Waals surface area contributed by atoms with Crippen molar-refractivity contribution in [1.29, 1.82) is 5.26 Å². The number of fused-ring (bicyclic) bond motifs is 3. The third-order valence-electron chi connectivity index (χ3n) is 4.91. The quantitative estimate of drug-likeness (QED) is 0.297. The number of thiophene rings is 1. The number of carbonyl (C=O) groups excluding carboxylic acids is 2. The number of esters is 1. The highest BCUT2D eigenvalue weighted by Gasteiger charge is 2.18. The Balaban J connectivity index is 1.69. The smallest absolute Gasteiger partial charge is 0.340 e. The van der Waals surface area contributed by atoms with Crippen molar-refractivity contribution in [3.8, 4) is 6.07 Å². The number of nitrogens with one attached hydrogen (secondary N) is 1. The second kappa shape index (κ2) is 7.85. The van der Waals surface area contributed by atoms with Gasteiger partial charge in [-0.3, -0.25) is 4.79 Å². The van der Waals surface area contributed by atoms with Crippen molar-refractivity contribution < 1.29 is 14.3 Å². The number of hydrogen-bond acceptors (Lipinski definition) is 5. The first-order chi connectivity index (χ1) is 14.5. The van der Waals surface area contributed by atoms with Crippen LogP contribution in [0, 0.1) is 11.3 Å². The molecule has 0 aliphatic rings. The summed E-state index contributed by atoms with van der Waals surface area (Å²) in [6.07, 6.45) is 1.54. The van der Waals surface area contributed by atoms with Crippen LogP contribution in [-0.2, 0) is 16.6 Å². The fourth-order valence-electron chi connectivity index (χ4n) is 3.44. The van der Waals surface area contributed by atoms with Gasteiger partial charge in [-0.15, -0.1) is 11.3 Å². The maximum atomic E-state index is 12.6. The summed E-state index contributed by atoms with van der Waals surface area (Å²) >= 11 is 1.19. The molecule has 7 heteroatoms. The van der Waals surface area contributed by atoms with Gasteiger partial charge in [-0.25, -0.2) is 4.79 Å². The third-order valence-corrected chi connectivity index (χ3v) is 5.74. The molecule has 0 unspecified atom stereocenters. The molecule has 2 aromatic heterocycles. The highest BCUT2D eigenvalue weighted by molar-refractivity contribution is 7.14. The molecule has 0 saturated heterocycles. The lowest BCUT2D eigenvalue weighted by Gasteiger charge is -2.05. The van der Waals surface area contributed by atoms with Gasteiger partial charge in [-0.05, 0) is 41.3 Å². The Morgan fingerprint density at radius 1 is 1.13 bits per heavy atom. The summed E-state index contributed by atoms with van der Waals surface area (Å²) < 4.78 is 6.82. The second-order valence-corrected chi connectivity index (χ2v) is 7.55. The number of aromatic nitrogens is 1. The van der Waals surface area contributed by atoms with Crippen molar-refractivity contribution in [3.63, 3.8) is 0 Å². The van der Waals surface area contributed by atoms with Crippen LogP contribution in [0.15, 0.2) is 59.5 Å². The molecular formula is C23H17N3O3S. The molecule has 4 rings (SSSR count). The summed E-state index contributed by atoms with van der Waals surface area (Å²) in [5, 5.41) is 16.3. The topological polar surface area (TPSA) is 84.1 Å². The molecule has 6 nitrogen and oxygen atoms in total. The summed E-state index contributed by atoms with van der Waals surface area (Å²) in [5.74, 6) is -1.13. The summed E-state index contributed by atoms with van der Waals surface area (Å²) in [7, 11) is 3.28. The van der Waals surface area contributed by atoms with Gasteiger partial charge in [-0.2, -0.15) is 5.26 Å². The molecule has 2 heterocycles. The van der Waals surface area contributed by atoms with Gasteiger partial charge in [0.1, 0.15) is 16.6 Å². The Morgan fingerprint density at radius 2 is 1.90 bits per heavy atom. The first-order valence-corrected chi connectivity index (χ1v) is 9.97. The van der Waals surface area contributed by atoms with Crippen molar-refractivity contribution in [1.82, 2.24) is 4.57 Å². The standard InChI is InChI=1S/C23H17N3O3S/c1-26-19-6-4-3-5-16(19)18-12-14(7-8-20(18)26)11-15(13-24)21(27)25-22-17(9-10-30-22)23(28)29-2/h3-12H,1-2H3,(H,25,27)/b15-11+. The Labute approximate surface area is 176 Å². The molecule has 0 radical (unpaired) electrons. The number of anilines is 1. The molecule has 0 fully saturated rings. The van der Waals surface area contributed by atoms with Crippen LogP contribution in [0.25, 0.3) is 27.9 Å². The van der Waals surface area contributed by atoms with E-state index >= 15 is 0 Å². The van der Waals surface area contributed by atoms with Crippen molar-refractivity contribution in [2.45, 2.75) is 0 Å². The molecule has 1 amide bonds. The van der Waals surface area contributed by atoms with E-state index in [2.05, 4.69) is 16.0 Å². The molecule has 0 aliphatic carbocycles. The van der Waals surface area contributed by atoms with Gasteiger partial charge in [0.25, 0.3) is 5.91 Å². The minimum absolute atomic E-state index is 0.0567. The average Bonchev–Trinajstić information content (AvgIpc) is 3.34. The second-order valence-electron chi connectivity index (χ2n) is 6.63. The summed E-state index contributed by atoms with van der Waals surface area (Å²) in [5.41, 5.74) is 3.12. The van der Waals surface area contributed by atoms with Gasteiger partial charge in [0.2, 0.25) is 0 Å². The third kappa shape index (κ3) is 3.34. The molecular weight excluding hydrogens is 398 g/mol. The Morgan fingerprint density at radius 3 is 2.67 bits per heavy atom. The largest absolute Gasteiger partial charge is 0.465 e. The molecule has 0 spiro atoms. The number of ether oxygens (including phenoxy) is 1. The number of amides is 1. The first kappa shape index (κ1) is 19.4. The van der Waals surface area contributed by atoms with Crippen LogP contribution in [-0.4, -0.2) is 23.6 Å². The lowest BCUT2D eigenvalue weighted by Crippen LogP contribution is -2.15. The van der Waals surface area contributed by atoms with Crippen LogP contribution in [0.2, 0.25) is 0 Å².